The molecular formula is C12H16ClN3. The van der Waals surface area contributed by atoms with Gasteiger partial charge in [-0.25, -0.2) is 9.97 Å². The van der Waals surface area contributed by atoms with E-state index in [1.165, 1.54) is 6.33 Å². The Labute approximate surface area is 102 Å². The van der Waals surface area contributed by atoms with Crippen molar-refractivity contribution >= 4 is 17.4 Å². The molecule has 0 bridgehead atoms. The zero-order valence-corrected chi connectivity index (χ0v) is 10.2. The van der Waals surface area contributed by atoms with Gasteiger partial charge in [0, 0.05) is 18.5 Å². The predicted molar refractivity (Wildman–Crippen MR) is 67.6 cm³/mol. The van der Waals surface area contributed by atoms with Crippen molar-refractivity contribution in [2.45, 2.75) is 32.6 Å². The number of halogens is 1. The van der Waals surface area contributed by atoms with Crippen LogP contribution in [0.1, 0.15) is 31.7 Å². The summed E-state index contributed by atoms with van der Waals surface area (Å²) < 4.78 is 0. The largest absolute Gasteiger partial charge is 0.370 e. The fourth-order valence-electron chi connectivity index (χ4n) is 1.42. The van der Waals surface area contributed by atoms with Gasteiger partial charge in [0.2, 0.25) is 0 Å². The molecule has 1 rings (SSSR count). The lowest BCUT2D eigenvalue weighted by atomic mass is 10.2. The summed E-state index contributed by atoms with van der Waals surface area (Å²) in [5, 5.41) is 3.79. The topological polar surface area (TPSA) is 37.8 Å². The zero-order chi connectivity index (χ0) is 11.8. The maximum absolute atomic E-state index is 5.97. The van der Waals surface area contributed by atoms with Crippen molar-refractivity contribution in [3.05, 3.63) is 17.0 Å². The Morgan fingerprint density at radius 2 is 2.25 bits per heavy atom. The van der Waals surface area contributed by atoms with E-state index in [9.17, 15) is 0 Å². The second kappa shape index (κ2) is 7.08. The van der Waals surface area contributed by atoms with Crippen LogP contribution in [0.3, 0.4) is 0 Å². The quantitative estimate of drug-likeness (QED) is 0.470. The number of hydrogen-bond donors (Lipinski definition) is 1. The van der Waals surface area contributed by atoms with Gasteiger partial charge in [0.15, 0.2) is 0 Å². The molecule has 3 nitrogen and oxygen atoms in total. The molecule has 0 atom stereocenters. The van der Waals surface area contributed by atoms with E-state index in [2.05, 4.69) is 21.2 Å². The van der Waals surface area contributed by atoms with Crippen molar-refractivity contribution in [3.63, 3.8) is 0 Å². The Kier molecular flexibility index (Phi) is 5.66. The molecule has 0 unspecified atom stereocenters. The first-order chi connectivity index (χ1) is 7.79. The Morgan fingerprint density at radius 3 is 2.94 bits per heavy atom. The minimum atomic E-state index is 0.531. The van der Waals surface area contributed by atoms with Crippen LogP contribution in [-0.4, -0.2) is 16.5 Å². The number of terminal acetylenes is 1. The van der Waals surface area contributed by atoms with Crippen molar-refractivity contribution in [2.75, 3.05) is 11.9 Å². The number of anilines is 1. The summed E-state index contributed by atoms with van der Waals surface area (Å²) in [6.45, 7) is 2.90. The van der Waals surface area contributed by atoms with E-state index in [0.29, 0.717) is 5.15 Å². The fourth-order valence-corrected chi connectivity index (χ4v) is 1.68. The van der Waals surface area contributed by atoms with Crippen LogP contribution in [0.25, 0.3) is 0 Å². The lowest BCUT2D eigenvalue weighted by Gasteiger charge is -2.09. The second-order valence-corrected chi connectivity index (χ2v) is 3.79. The third-order valence-corrected chi connectivity index (χ3v) is 2.61. The summed E-state index contributed by atoms with van der Waals surface area (Å²) in [5.41, 5.74) is 0.973. The van der Waals surface area contributed by atoms with Gasteiger partial charge in [0.25, 0.3) is 0 Å². The van der Waals surface area contributed by atoms with Gasteiger partial charge in [-0.2, -0.15) is 0 Å². The summed E-state index contributed by atoms with van der Waals surface area (Å²) in [6.07, 6.45) is 10.4. The molecule has 86 valence electrons. The SMILES string of the molecule is C#CCCCCNc1ncnc(Cl)c1CC. The van der Waals surface area contributed by atoms with Crippen molar-refractivity contribution in [1.82, 2.24) is 9.97 Å². The number of nitrogens with one attached hydrogen (secondary N) is 1. The van der Waals surface area contributed by atoms with Gasteiger partial charge in [-0.1, -0.05) is 18.5 Å². The maximum Gasteiger partial charge on any atom is 0.137 e. The monoisotopic (exact) mass is 237 g/mol. The molecule has 0 aliphatic heterocycles. The average Bonchev–Trinajstić information content (AvgIpc) is 2.29. The molecular weight excluding hydrogens is 222 g/mol. The average molecular weight is 238 g/mol. The Morgan fingerprint density at radius 1 is 1.44 bits per heavy atom. The van der Waals surface area contributed by atoms with Gasteiger partial charge in [-0.3, -0.25) is 0 Å². The Hall–Kier alpha value is -1.27. The van der Waals surface area contributed by atoms with Crippen LogP contribution >= 0.6 is 11.6 Å². The second-order valence-electron chi connectivity index (χ2n) is 3.43. The lowest BCUT2D eigenvalue weighted by molar-refractivity contribution is 0.785. The highest BCUT2D eigenvalue weighted by Crippen LogP contribution is 2.19. The van der Waals surface area contributed by atoms with Gasteiger partial charge in [0.1, 0.15) is 17.3 Å². The van der Waals surface area contributed by atoms with E-state index in [1.54, 1.807) is 0 Å². The van der Waals surface area contributed by atoms with E-state index in [1.807, 2.05) is 6.92 Å². The third-order valence-electron chi connectivity index (χ3n) is 2.29. The van der Waals surface area contributed by atoms with Crippen molar-refractivity contribution in [3.8, 4) is 12.3 Å². The van der Waals surface area contributed by atoms with Gasteiger partial charge in [-0.05, 0) is 19.3 Å². The Balaban J connectivity index is 2.47. The molecule has 4 heteroatoms. The van der Waals surface area contributed by atoms with Gasteiger partial charge < -0.3 is 5.32 Å². The molecule has 0 saturated carbocycles. The summed E-state index contributed by atoms with van der Waals surface area (Å²) in [7, 11) is 0. The van der Waals surface area contributed by atoms with Crippen LogP contribution < -0.4 is 5.32 Å². The molecule has 1 heterocycles. The van der Waals surface area contributed by atoms with Crippen molar-refractivity contribution in [2.24, 2.45) is 0 Å². The van der Waals surface area contributed by atoms with Crippen LogP contribution in [0.5, 0.6) is 0 Å². The molecule has 0 radical (unpaired) electrons. The van der Waals surface area contributed by atoms with Crippen molar-refractivity contribution < 1.29 is 0 Å². The predicted octanol–water partition coefficient (Wildman–Crippen LogP) is 2.91. The molecule has 0 amide bonds. The van der Waals surface area contributed by atoms with E-state index >= 15 is 0 Å². The molecule has 0 saturated heterocycles. The first-order valence-corrected chi connectivity index (χ1v) is 5.84. The highest BCUT2D eigenvalue weighted by molar-refractivity contribution is 6.30. The van der Waals surface area contributed by atoms with Gasteiger partial charge in [-0.15, -0.1) is 12.3 Å². The third kappa shape index (κ3) is 3.71. The summed E-state index contributed by atoms with van der Waals surface area (Å²) >= 11 is 5.97. The fraction of sp³-hybridized carbons (Fsp3) is 0.500. The summed E-state index contributed by atoms with van der Waals surface area (Å²) in [6, 6.07) is 0. The molecule has 1 aromatic heterocycles. The van der Waals surface area contributed by atoms with Crippen LogP contribution in [0.15, 0.2) is 6.33 Å². The number of unbranched alkanes of at least 4 members (excludes halogenated alkanes) is 2. The standard InChI is InChI=1S/C12H16ClN3/c1-3-5-6-7-8-14-12-10(4-2)11(13)15-9-16-12/h1,9H,4-8H2,2H3,(H,14,15,16). The molecule has 1 N–H and O–H groups in total. The molecule has 0 spiro atoms. The highest BCUT2D eigenvalue weighted by Gasteiger charge is 2.06. The number of nitrogens with zero attached hydrogens (tertiary/aromatic N) is 2. The van der Waals surface area contributed by atoms with Gasteiger partial charge in [0.05, 0.1) is 0 Å². The molecule has 1 aromatic rings. The smallest absolute Gasteiger partial charge is 0.137 e. The zero-order valence-electron chi connectivity index (χ0n) is 9.46. The molecule has 0 aliphatic carbocycles. The van der Waals surface area contributed by atoms with E-state index in [4.69, 9.17) is 18.0 Å². The van der Waals surface area contributed by atoms with Crippen LogP contribution in [0.4, 0.5) is 5.82 Å². The number of rotatable bonds is 6. The first kappa shape index (κ1) is 12.8. The van der Waals surface area contributed by atoms with Crippen LogP contribution in [0.2, 0.25) is 5.15 Å². The normalized spacial score (nSPS) is 9.81. The van der Waals surface area contributed by atoms with Crippen LogP contribution in [0, 0.1) is 12.3 Å². The molecule has 0 aliphatic rings. The molecule has 16 heavy (non-hydrogen) atoms. The maximum atomic E-state index is 5.97. The first-order valence-electron chi connectivity index (χ1n) is 5.46. The summed E-state index contributed by atoms with van der Waals surface area (Å²) in [5.74, 6) is 3.46. The van der Waals surface area contributed by atoms with Crippen molar-refractivity contribution in [1.29, 1.82) is 0 Å². The highest BCUT2D eigenvalue weighted by atomic mass is 35.5. The van der Waals surface area contributed by atoms with E-state index < -0.39 is 0 Å². The van der Waals surface area contributed by atoms with E-state index in [-0.39, 0.29) is 0 Å². The summed E-state index contributed by atoms with van der Waals surface area (Å²) in [4.78, 5) is 8.14. The number of hydrogen-bond acceptors (Lipinski definition) is 3. The van der Waals surface area contributed by atoms with Gasteiger partial charge >= 0.3 is 0 Å². The molecule has 0 aromatic carbocycles. The minimum Gasteiger partial charge on any atom is -0.370 e. The Bertz CT molecular complexity index is 371. The minimum absolute atomic E-state index is 0.531. The van der Waals surface area contributed by atoms with E-state index in [0.717, 1.165) is 43.6 Å². The van der Waals surface area contributed by atoms with Crippen LogP contribution in [-0.2, 0) is 6.42 Å². The lowest BCUT2D eigenvalue weighted by Crippen LogP contribution is -2.07. The molecule has 0 fully saturated rings. The number of aromatic nitrogens is 2.